The topological polar surface area (TPSA) is 15.7 Å². The molecule has 0 atom stereocenters. The van der Waals surface area contributed by atoms with Crippen molar-refractivity contribution in [3.63, 3.8) is 0 Å². The first-order chi connectivity index (χ1) is 26.0. The molecule has 0 saturated heterocycles. The number of rotatable bonds is 4. The van der Waals surface area contributed by atoms with Gasteiger partial charge < -0.3 is 14.5 Å². The molecule has 2 heterocycles. The van der Waals surface area contributed by atoms with E-state index in [4.69, 9.17) is 4.74 Å². The van der Waals surface area contributed by atoms with Crippen molar-refractivity contribution < 1.29 is 4.74 Å². The van der Waals surface area contributed by atoms with Crippen LogP contribution in [0.25, 0.3) is 42.1 Å². The molecule has 9 aromatic rings. The summed E-state index contributed by atoms with van der Waals surface area (Å²) in [4.78, 5) is 4.72. The summed E-state index contributed by atoms with van der Waals surface area (Å²) in [6.45, 7) is 4.69. The van der Waals surface area contributed by atoms with Gasteiger partial charge in [0.15, 0.2) is 11.5 Å². The Labute approximate surface area is 312 Å². The highest BCUT2D eigenvalue weighted by Gasteiger charge is 2.36. The highest BCUT2D eigenvalue weighted by Crippen LogP contribution is 2.54. The molecule has 1 aromatic heterocycles. The van der Waals surface area contributed by atoms with Gasteiger partial charge in [0.05, 0.1) is 11.4 Å². The van der Waals surface area contributed by atoms with Crippen LogP contribution in [0, 0.1) is 0 Å². The molecular formula is C49H34N2OS. The van der Waals surface area contributed by atoms with Crippen molar-refractivity contribution >= 4 is 76.4 Å². The van der Waals surface area contributed by atoms with Crippen molar-refractivity contribution in [1.82, 2.24) is 0 Å². The molecule has 1 aliphatic carbocycles. The largest absolute Gasteiger partial charge is 0.453 e. The van der Waals surface area contributed by atoms with Crippen molar-refractivity contribution in [2.24, 2.45) is 0 Å². The van der Waals surface area contributed by atoms with Crippen molar-refractivity contribution in [2.75, 3.05) is 9.80 Å². The highest BCUT2D eigenvalue weighted by molar-refractivity contribution is 7.25. The van der Waals surface area contributed by atoms with Crippen LogP contribution in [0.1, 0.15) is 25.0 Å². The van der Waals surface area contributed by atoms with Crippen molar-refractivity contribution in [3.8, 4) is 22.6 Å². The Kier molecular flexibility index (Phi) is 6.47. The summed E-state index contributed by atoms with van der Waals surface area (Å²) in [5.74, 6) is 1.65. The zero-order valence-electron chi connectivity index (χ0n) is 29.4. The number of anilines is 6. The van der Waals surface area contributed by atoms with Gasteiger partial charge in [0, 0.05) is 54.4 Å². The second-order valence-corrected chi connectivity index (χ2v) is 15.7. The summed E-state index contributed by atoms with van der Waals surface area (Å²) >= 11 is 1.84. The van der Waals surface area contributed by atoms with E-state index in [1.165, 1.54) is 53.2 Å². The molecule has 0 N–H and O–H groups in total. The monoisotopic (exact) mass is 698 g/mol. The quantitative estimate of drug-likeness (QED) is 0.182. The molecule has 4 heteroatoms. The summed E-state index contributed by atoms with van der Waals surface area (Å²) in [5.41, 5.74) is 11.6. The van der Waals surface area contributed by atoms with E-state index in [0.29, 0.717) is 0 Å². The van der Waals surface area contributed by atoms with Gasteiger partial charge in [-0.3, -0.25) is 0 Å². The fourth-order valence-corrected chi connectivity index (χ4v) is 9.75. The van der Waals surface area contributed by atoms with E-state index in [1.807, 2.05) is 17.4 Å². The number of fused-ring (bicyclic) bond motifs is 9. The average molecular weight is 699 g/mol. The predicted molar refractivity (Wildman–Crippen MR) is 224 cm³/mol. The van der Waals surface area contributed by atoms with Crippen LogP contribution < -0.4 is 14.5 Å². The lowest BCUT2D eigenvalue weighted by atomic mass is 9.82. The molecule has 3 nitrogen and oxygen atoms in total. The molecule has 53 heavy (non-hydrogen) atoms. The third kappa shape index (κ3) is 4.59. The maximum Gasteiger partial charge on any atom is 0.153 e. The minimum Gasteiger partial charge on any atom is -0.453 e. The lowest BCUT2D eigenvalue weighted by Gasteiger charge is -2.34. The zero-order valence-corrected chi connectivity index (χ0v) is 30.2. The van der Waals surface area contributed by atoms with E-state index in [1.54, 1.807) is 0 Å². The number of benzene rings is 8. The second kappa shape index (κ2) is 11.3. The minimum absolute atomic E-state index is 0.115. The molecule has 0 amide bonds. The van der Waals surface area contributed by atoms with Gasteiger partial charge in [-0.05, 0) is 99.8 Å². The van der Waals surface area contributed by atoms with Gasteiger partial charge in [-0.25, -0.2) is 0 Å². The maximum absolute atomic E-state index is 6.78. The minimum atomic E-state index is -0.115. The van der Waals surface area contributed by atoms with Gasteiger partial charge in [-0.2, -0.15) is 0 Å². The molecule has 0 fully saturated rings. The van der Waals surface area contributed by atoms with Gasteiger partial charge in [0.1, 0.15) is 0 Å². The lowest BCUT2D eigenvalue weighted by molar-refractivity contribution is 0.477. The van der Waals surface area contributed by atoms with Crippen LogP contribution in [0.2, 0.25) is 0 Å². The van der Waals surface area contributed by atoms with E-state index in [-0.39, 0.29) is 5.41 Å². The van der Waals surface area contributed by atoms with Gasteiger partial charge >= 0.3 is 0 Å². The Morgan fingerprint density at radius 3 is 2.11 bits per heavy atom. The van der Waals surface area contributed by atoms with Crippen LogP contribution in [0.15, 0.2) is 170 Å². The third-order valence-electron chi connectivity index (χ3n) is 11.2. The molecular weight excluding hydrogens is 665 g/mol. The van der Waals surface area contributed by atoms with Gasteiger partial charge in [0.2, 0.25) is 0 Å². The molecule has 0 spiro atoms. The Balaban J connectivity index is 1.08. The van der Waals surface area contributed by atoms with Gasteiger partial charge in [0.25, 0.3) is 0 Å². The molecule has 252 valence electrons. The number of thiophene rings is 1. The molecule has 8 aromatic carbocycles. The van der Waals surface area contributed by atoms with Gasteiger partial charge in [-0.15, -0.1) is 11.3 Å². The van der Waals surface area contributed by atoms with E-state index < -0.39 is 0 Å². The van der Waals surface area contributed by atoms with Crippen LogP contribution in [0.4, 0.5) is 34.1 Å². The Morgan fingerprint density at radius 1 is 0.491 bits per heavy atom. The summed E-state index contributed by atoms with van der Waals surface area (Å²) in [6.07, 6.45) is 0. The summed E-state index contributed by atoms with van der Waals surface area (Å²) < 4.78 is 9.36. The van der Waals surface area contributed by atoms with Crippen LogP contribution in [-0.4, -0.2) is 0 Å². The fourth-order valence-electron chi connectivity index (χ4n) is 8.61. The summed E-state index contributed by atoms with van der Waals surface area (Å²) in [6, 6.07) is 61.7. The molecule has 2 aliphatic rings. The van der Waals surface area contributed by atoms with Crippen LogP contribution in [-0.2, 0) is 5.41 Å². The predicted octanol–water partition coefficient (Wildman–Crippen LogP) is 14.6. The number of para-hydroxylation sites is 2. The van der Waals surface area contributed by atoms with E-state index in [0.717, 1.165) is 45.6 Å². The number of hydrogen-bond acceptors (Lipinski definition) is 4. The smallest absolute Gasteiger partial charge is 0.153 e. The molecule has 1 aliphatic heterocycles. The van der Waals surface area contributed by atoms with E-state index in [2.05, 4.69) is 187 Å². The van der Waals surface area contributed by atoms with Gasteiger partial charge in [-0.1, -0.05) is 111 Å². The molecule has 11 rings (SSSR count). The Bertz CT molecular complexity index is 2940. The summed E-state index contributed by atoms with van der Waals surface area (Å²) in [7, 11) is 0. The first-order valence-corrected chi connectivity index (χ1v) is 19.0. The second-order valence-electron chi connectivity index (χ2n) is 14.6. The molecule has 0 radical (unpaired) electrons. The Hall–Kier alpha value is -6.36. The van der Waals surface area contributed by atoms with E-state index in [9.17, 15) is 0 Å². The van der Waals surface area contributed by atoms with Crippen LogP contribution in [0.5, 0.6) is 11.5 Å². The van der Waals surface area contributed by atoms with Crippen LogP contribution in [0.3, 0.4) is 0 Å². The third-order valence-corrected chi connectivity index (χ3v) is 12.3. The van der Waals surface area contributed by atoms with Crippen molar-refractivity contribution in [1.29, 1.82) is 0 Å². The average Bonchev–Trinajstić information content (AvgIpc) is 3.68. The molecule has 0 unspecified atom stereocenters. The standard InChI is InChI=1S/C49H34N2OS/c1-49(2)41-15-7-5-13-37(41)38-24-21-34(28-42(38)49)50(33-20-19-31-11-3-4-12-32(31)27-33)35-23-26-44-46(29-35)52-45-17-9-8-16-43(45)51(44)36-22-25-40-39-14-6-10-18-47(39)53-48(40)30-36/h3-30H,1-2H3. The summed E-state index contributed by atoms with van der Waals surface area (Å²) in [5, 5.41) is 5.02. The SMILES string of the molecule is CC1(C)c2ccccc2-c2ccc(N(c3ccc4c(c3)Oc3ccccc3N4c3ccc4c(c3)sc3ccccc34)c3ccc4ccccc4c3)cc21. The highest BCUT2D eigenvalue weighted by atomic mass is 32.1. The van der Waals surface area contributed by atoms with Crippen molar-refractivity contribution in [3.05, 3.63) is 181 Å². The fraction of sp³-hybridized carbons (Fsp3) is 0.0612. The lowest BCUT2D eigenvalue weighted by Crippen LogP contribution is -2.18. The molecule has 0 saturated carbocycles. The maximum atomic E-state index is 6.78. The normalized spacial score (nSPS) is 13.7. The number of ether oxygens (including phenoxy) is 1. The Morgan fingerprint density at radius 2 is 1.17 bits per heavy atom. The number of hydrogen-bond donors (Lipinski definition) is 0. The zero-order chi connectivity index (χ0) is 35.3. The van der Waals surface area contributed by atoms with E-state index >= 15 is 0 Å². The first-order valence-electron chi connectivity index (χ1n) is 18.2. The number of nitrogens with zero attached hydrogens (tertiary/aromatic N) is 2. The van der Waals surface area contributed by atoms with Crippen molar-refractivity contribution in [2.45, 2.75) is 19.3 Å². The first kappa shape index (κ1) is 30.3. The van der Waals surface area contributed by atoms with Crippen LogP contribution >= 0.6 is 11.3 Å². The molecule has 0 bridgehead atoms.